The number of hydrogen-bond acceptors (Lipinski definition) is 5. The van der Waals surface area contributed by atoms with Crippen LogP contribution in [-0.2, 0) is 11.3 Å². The van der Waals surface area contributed by atoms with E-state index in [1.54, 1.807) is 4.68 Å². The first-order valence-corrected chi connectivity index (χ1v) is 6.97. The molecule has 1 aromatic heterocycles. The second-order valence-corrected chi connectivity index (χ2v) is 5.29. The minimum Gasteiger partial charge on any atom is -0.399 e. The van der Waals surface area contributed by atoms with Gasteiger partial charge in [0, 0.05) is 25.4 Å². The summed E-state index contributed by atoms with van der Waals surface area (Å²) in [5, 5.41) is 11.4. The molecule has 2 rings (SSSR count). The molecule has 6 nitrogen and oxygen atoms in total. The van der Waals surface area contributed by atoms with Crippen LogP contribution in [0.2, 0.25) is 0 Å². The van der Waals surface area contributed by atoms with E-state index in [9.17, 15) is 4.39 Å². The van der Waals surface area contributed by atoms with Gasteiger partial charge >= 0.3 is 0 Å². The number of nitrogen functional groups attached to an aromatic ring is 1. The highest BCUT2D eigenvalue weighted by atomic mass is 19.1. The molecule has 21 heavy (non-hydrogen) atoms. The van der Waals surface area contributed by atoms with Gasteiger partial charge in [0.05, 0.1) is 5.56 Å². The van der Waals surface area contributed by atoms with Crippen LogP contribution in [0.5, 0.6) is 0 Å². The first-order chi connectivity index (χ1) is 10.1. The van der Waals surface area contributed by atoms with Crippen molar-refractivity contribution in [3.63, 3.8) is 0 Å². The number of benzene rings is 1. The molecule has 7 heteroatoms. The minimum absolute atomic E-state index is 0.308. The third kappa shape index (κ3) is 4.22. The van der Waals surface area contributed by atoms with Crippen molar-refractivity contribution in [3.05, 3.63) is 24.0 Å². The van der Waals surface area contributed by atoms with Gasteiger partial charge in [-0.2, -0.15) is 0 Å². The second-order valence-electron chi connectivity index (χ2n) is 5.29. The monoisotopic (exact) mass is 293 g/mol. The standard InChI is InChI=1S/C14H20FN5O/c1-10(2)9-21-7-3-6-20-14(17-18-19-20)12-8-11(16)4-5-13(12)15/h4-5,8,10H,3,6-7,9,16H2,1-2H3. The molecular weight excluding hydrogens is 273 g/mol. The number of ether oxygens (including phenoxy) is 1. The maximum absolute atomic E-state index is 13.9. The highest BCUT2D eigenvalue weighted by molar-refractivity contribution is 5.61. The van der Waals surface area contributed by atoms with Gasteiger partial charge in [-0.05, 0) is 41.0 Å². The molecule has 0 aliphatic rings. The number of rotatable bonds is 7. The van der Waals surface area contributed by atoms with Crippen molar-refractivity contribution >= 4 is 5.69 Å². The van der Waals surface area contributed by atoms with Crippen molar-refractivity contribution < 1.29 is 9.13 Å². The molecule has 114 valence electrons. The van der Waals surface area contributed by atoms with E-state index >= 15 is 0 Å². The van der Waals surface area contributed by atoms with Gasteiger partial charge in [-0.3, -0.25) is 0 Å². The summed E-state index contributed by atoms with van der Waals surface area (Å²) < 4.78 is 20.9. The Morgan fingerprint density at radius 2 is 2.19 bits per heavy atom. The second kappa shape index (κ2) is 7.12. The van der Waals surface area contributed by atoms with Crippen molar-refractivity contribution in [1.29, 1.82) is 0 Å². The lowest BCUT2D eigenvalue weighted by molar-refractivity contribution is 0.105. The summed E-state index contributed by atoms with van der Waals surface area (Å²) in [4.78, 5) is 0. The summed E-state index contributed by atoms with van der Waals surface area (Å²) in [6.07, 6.45) is 0.759. The lowest BCUT2D eigenvalue weighted by Crippen LogP contribution is -2.09. The highest BCUT2D eigenvalue weighted by Crippen LogP contribution is 2.22. The molecule has 0 saturated carbocycles. The Bertz CT molecular complexity index is 584. The lowest BCUT2D eigenvalue weighted by Gasteiger charge is -2.08. The normalized spacial score (nSPS) is 11.2. The topological polar surface area (TPSA) is 78.8 Å². The van der Waals surface area contributed by atoms with E-state index in [1.165, 1.54) is 18.2 Å². The Morgan fingerprint density at radius 1 is 1.38 bits per heavy atom. The van der Waals surface area contributed by atoms with Gasteiger partial charge in [-0.25, -0.2) is 9.07 Å². The molecule has 0 aliphatic heterocycles. The van der Waals surface area contributed by atoms with Crippen molar-refractivity contribution in [3.8, 4) is 11.4 Å². The molecule has 1 aromatic carbocycles. The fourth-order valence-corrected chi connectivity index (χ4v) is 1.90. The van der Waals surface area contributed by atoms with Crippen LogP contribution in [0.25, 0.3) is 11.4 Å². The third-order valence-electron chi connectivity index (χ3n) is 2.87. The van der Waals surface area contributed by atoms with Crippen LogP contribution in [0.1, 0.15) is 20.3 Å². The molecule has 0 fully saturated rings. The largest absolute Gasteiger partial charge is 0.399 e. The van der Waals surface area contributed by atoms with Gasteiger partial charge in [0.25, 0.3) is 0 Å². The summed E-state index contributed by atoms with van der Waals surface area (Å²) >= 11 is 0. The van der Waals surface area contributed by atoms with Crippen LogP contribution in [0.3, 0.4) is 0 Å². The average Bonchev–Trinajstić information content (AvgIpc) is 2.89. The van der Waals surface area contributed by atoms with E-state index in [2.05, 4.69) is 29.4 Å². The first-order valence-electron chi connectivity index (χ1n) is 6.97. The highest BCUT2D eigenvalue weighted by Gasteiger charge is 2.13. The number of hydrogen-bond donors (Lipinski definition) is 1. The molecule has 0 atom stereocenters. The van der Waals surface area contributed by atoms with Crippen molar-refractivity contribution in [2.24, 2.45) is 5.92 Å². The number of nitrogens with two attached hydrogens (primary N) is 1. The zero-order valence-electron chi connectivity index (χ0n) is 12.3. The molecule has 0 radical (unpaired) electrons. The van der Waals surface area contributed by atoms with Gasteiger partial charge in [-0.15, -0.1) is 5.10 Å². The smallest absolute Gasteiger partial charge is 0.185 e. The Morgan fingerprint density at radius 3 is 2.95 bits per heavy atom. The maximum atomic E-state index is 13.9. The number of aromatic nitrogens is 4. The molecule has 0 bridgehead atoms. The number of tetrazole rings is 1. The molecule has 1 heterocycles. The molecule has 0 unspecified atom stereocenters. The number of aryl methyl sites for hydroxylation is 1. The summed E-state index contributed by atoms with van der Waals surface area (Å²) in [5.41, 5.74) is 6.47. The predicted octanol–water partition coefficient (Wildman–Crippen LogP) is 2.12. The van der Waals surface area contributed by atoms with Crippen LogP contribution in [0.4, 0.5) is 10.1 Å². The predicted molar refractivity (Wildman–Crippen MR) is 77.9 cm³/mol. The van der Waals surface area contributed by atoms with Gasteiger partial charge in [-0.1, -0.05) is 13.8 Å². The molecule has 2 aromatic rings. The molecule has 0 saturated heterocycles. The van der Waals surface area contributed by atoms with Crippen LogP contribution in [0, 0.1) is 11.7 Å². The zero-order valence-corrected chi connectivity index (χ0v) is 12.3. The Kier molecular flexibility index (Phi) is 5.21. The average molecular weight is 293 g/mol. The van der Waals surface area contributed by atoms with Crippen molar-refractivity contribution in [2.75, 3.05) is 18.9 Å². The summed E-state index contributed by atoms with van der Waals surface area (Å²) in [5.74, 6) is 0.495. The van der Waals surface area contributed by atoms with Gasteiger partial charge in [0.1, 0.15) is 5.82 Å². The first kappa shape index (κ1) is 15.4. The van der Waals surface area contributed by atoms with Crippen molar-refractivity contribution in [2.45, 2.75) is 26.8 Å². The van der Waals surface area contributed by atoms with Gasteiger partial charge < -0.3 is 10.5 Å². The van der Waals surface area contributed by atoms with E-state index in [1.807, 2.05) is 0 Å². The van der Waals surface area contributed by atoms with Crippen LogP contribution >= 0.6 is 0 Å². The Balaban J connectivity index is 2.00. The number of halogens is 1. The Labute approximate surface area is 123 Å². The minimum atomic E-state index is -0.392. The third-order valence-corrected chi connectivity index (χ3v) is 2.87. The van der Waals surface area contributed by atoms with Gasteiger partial charge in [0.15, 0.2) is 5.82 Å². The van der Waals surface area contributed by atoms with E-state index in [4.69, 9.17) is 10.5 Å². The lowest BCUT2D eigenvalue weighted by atomic mass is 10.2. The SMILES string of the molecule is CC(C)COCCCn1nnnc1-c1cc(N)ccc1F. The quantitative estimate of drug-likeness (QED) is 0.625. The van der Waals surface area contributed by atoms with Crippen LogP contribution in [0.15, 0.2) is 18.2 Å². The summed E-state index contributed by atoms with van der Waals surface area (Å²) in [7, 11) is 0. The van der Waals surface area contributed by atoms with Gasteiger partial charge in [0.2, 0.25) is 0 Å². The maximum Gasteiger partial charge on any atom is 0.185 e. The number of anilines is 1. The molecule has 0 aliphatic carbocycles. The fourth-order valence-electron chi connectivity index (χ4n) is 1.90. The van der Waals surface area contributed by atoms with Crippen molar-refractivity contribution in [1.82, 2.24) is 20.2 Å². The van der Waals surface area contributed by atoms with E-state index in [-0.39, 0.29) is 0 Å². The number of nitrogens with zero attached hydrogens (tertiary/aromatic N) is 4. The van der Waals surface area contributed by atoms with Crippen LogP contribution < -0.4 is 5.73 Å². The summed E-state index contributed by atoms with van der Waals surface area (Å²) in [6, 6.07) is 4.36. The van der Waals surface area contributed by atoms with Crippen LogP contribution in [-0.4, -0.2) is 33.4 Å². The molecular formula is C14H20FN5O. The van der Waals surface area contributed by atoms with E-state index < -0.39 is 5.82 Å². The van der Waals surface area contributed by atoms with E-state index in [0.29, 0.717) is 36.1 Å². The fraction of sp³-hybridized carbons (Fsp3) is 0.500. The molecule has 2 N–H and O–H groups in total. The Hall–Kier alpha value is -2.02. The molecule has 0 spiro atoms. The molecule has 0 amide bonds. The van der Waals surface area contributed by atoms with E-state index in [0.717, 1.165) is 13.0 Å². The zero-order chi connectivity index (χ0) is 15.2. The summed E-state index contributed by atoms with van der Waals surface area (Å²) in [6.45, 7) is 6.11.